The normalized spacial score (nSPS) is 15.9. The number of hydrogen-bond acceptors (Lipinski definition) is 3. The van der Waals surface area contributed by atoms with Crippen LogP contribution >= 0.6 is 11.6 Å². The number of halogens is 1. The number of carbonyl (C=O) groups excluding carboxylic acids is 1. The summed E-state index contributed by atoms with van der Waals surface area (Å²) in [7, 11) is 0. The molecule has 0 aliphatic heterocycles. The number of benzene rings is 1. The SMILES string of the molecule is CCC1(CNC(=O)c2ccc([N+](=O)[O-])c(Cl)c2)CC1. The third kappa shape index (κ3) is 3.04. The fraction of sp³-hybridized carbons (Fsp3) is 0.462. The third-order valence-corrected chi connectivity index (χ3v) is 4.04. The van der Waals surface area contributed by atoms with Crippen LogP contribution in [0.3, 0.4) is 0 Å². The van der Waals surface area contributed by atoms with Gasteiger partial charge in [0.25, 0.3) is 11.6 Å². The minimum Gasteiger partial charge on any atom is -0.351 e. The van der Waals surface area contributed by atoms with Crippen molar-refractivity contribution in [2.45, 2.75) is 26.2 Å². The quantitative estimate of drug-likeness (QED) is 0.666. The Bertz CT molecular complexity index is 527. The highest BCUT2D eigenvalue weighted by Crippen LogP contribution is 2.47. The second-order valence-electron chi connectivity index (χ2n) is 4.96. The van der Waals surface area contributed by atoms with E-state index < -0.39 is 4.92 Å². The zero-order valence-electron chi connectivity index (χ0n) is 10.6. The van der Waals surface area contributed by atoms with E-state index in [9.17, 15) is 14.9 Å². The Balaban J connectivity index is 2.03. The standard InChI is InChI=1S/C13H15ClN2O3/c1-2-13(5-6-13)8-15-12(17)9-3-4-11(16(18)19)10(14)7-9/h3-4,7H,2,5-6,8H2,1H3,(H,15,17). The fourth-order valence-electron chi connectivity index (χ4n) is 2.00. The van der Waals surface area contributed by atoms with Crippen molar-refractivity contribution in [1.29, 1.82) is 0 Å². The predicted molar refractivity (Wildman–Crippen MR) is 72.4 cm³/mol. The van der Waals surface area contributed by atoms with Gasteiger partial charge in [0.1, 0.15) is 5.02 Å². The van der Waals surface area contributed by atoms with Gasteiger partial charge in [0.05, 0.1) is 4.92 Å². The Labute approximate surface area is 116 Å². The summed E-state index contributed by atoms with van der Waals surface area (Å²) >= 11 is 5.78. The molecule has 0 radical (unpaired) electrons. The van der Waals surface area contributed by atoms with Crippen LogP contribution in [0.2, 0.25) is 5.02 Å². The van der Waals surface area contributed by atoms with Crippen molar-refractivity contribution in [3.63, 3.8) is 0 Å². The van der Waals surface area contributed by atoms with Crippen LogP contribution in [-0.4, -0.2) is 17.4 Å². The van der Waals surface area contributed by atoms with Gasteiger partial charge in [0, 0.05) is 18.2 Å². The molecule has 1 amide bonds. The molecule has 19 heavy (non-hydrogen) atoms. The number of nitrogens with zero attached hydrogens (tertiary/aromatic N) is 1. The summed E-state index contributed by atoms with van der Waals surface area (Å²) in [6.45, 7) is 2.76. The summed E-state index contributed by atoms with van der Waals surface area (Å²) in [5.74, 6) is -0.239. The molecule has 0 bridgehead atoms. The second kappa shape index (κ2) is 5.17. The number of nitro groups is 1. The van der Waals surface area contributed by atoms with Crippen molar-refractivity contribution >= 4 is 23.2 Å². The monoisotopic (exact) mass is 282 g/mol. The van der Waals surface area contributed by atoms with Gasteiger partial charge in [-0.25, -0.2) is 0 Å². The lowest BCUT2D eigenvalue weighted by Gasteiger charge is -2.13. The minimum atomic E-state index is -0.569. The molecule has 0 spiro atoms. The third-order valence-electron chi connectivity index (χ3n) is 3.74. The lowest BCUT2D eigenvalue weighted by atomic mass is 10.0. The van der Waals surface area contributed by atoms with Crippen molar-refractivity contribution in [3.8, 4) is 0 Å². The molecule has 1 saturated carbocycles. The molecule has 0 aromatic heterocycles. The molecular formula is C13H15ClN2O3. The average molecular weight is 283 g/mol. The Morgan fingerprint density at radius 3 is 2.68 bits per heavy atom. The molecule has 102 valence electrons. The Morgan fingerprint density at radius 1 is 1.53 bits per heavy atom. The Kier molecular flexibility index (Phi) is 3.75. The summed E-state index contributed by atoms with van der Waals surface area (Å²) in [5, 5.41) is 13.5. The molecule has 1 N–H and O–H groups in total. The molecule has 1 aliphatic carbocycles. The molecule has 1 aliphatic rings. The summed E-state index contributed by atoms with van der Waals surface area (Å²) in [4.78, 5) is 22.0. The highest BCUT2D eigenvalue weighted by Gasteiger charge is 2.40. The van der Waals surface area contributed by atoms with Crippen LogP contribution in [0.15, 0.2) is 18.2 Å². The molecule has 0 unspecified atom stereocenters. The fourth-order valence-corrected chi connectivity index (χ4v) is 2.25. The van der Waals surface area contributed by atoms with Gasteiger partial charge in [-0.05, 0) is 36.8 Å². The topological polar surface area (TPSA) is 72.2 Å². The van der Waals surface area contributed by atoms with Crippen LogP contribution in [0.1, 0.15) is 36.5 Å². The van der Waals surface area contributed by atoms with Crippen molar-refractivity contribution in [3.05, 3.63) is 38.9 Å². The van der Waals surface area contributed by atoms with E-state index in [0.717, 1.165) is 19.3 Å². The predicted octanol–water partition coefficient (Wildman–Crippen LogP) is 3.17. The van der Waals surface area contributed by atoms with E-state index in [1.54, 1.807) is 0 Å². The lowest BCUT2D eigenvalue weighted by Crippen LogP contribution is -2.29. The van der Waals surface area contributed by atoms with Crippen LogP contribution in [-0.2, 0) is 0 Å². The van der Waals surface area contributed by atoms with E-state index in [2.05, 4.69) is 12.2 Å². The maximum atomic E-state index is 11.9. The molecule has 0 heterocycles. The maximum absolute atomic E-state index is 11.9. The number of hydrogen-bond donors (Lipinski definition) is 1. The van der Waals surface area contributed by atoms with Crippen LogP contribution in [0.4, 0.5) is 5.69 Å². The van der Waals surface area contributed by atoms with Crippen molar-refractivity contribution in [2.75, 3.05) is 6.54 Å². The van der Waals surface area contributed by atoms with E-state index in [-0.39, 0.29) is 22.0 Å². The van der Waals surface area contributed by atoms with Crippen LogP contribution in [0.5, 0.6) is 0 Å². The first-order valence-corrected chi connectivity index (χ1v) is 6.57. The van der Waals surface area contributed by atoms with Crippen LogP contribution in [0.25, 0.3) is 0 Å². The first-order chi connectivity index (χ1) is 8.97. The molecule has 5 nitrogen and oxygen atoms in total. The van der Waals surface area contributed by atoms with Gasteiger partial charge in [0.15, 0.2) is 0 Å². The van der Waals surface area contributed by atoms with Gasteiger partial charge in [-0.15, -0.1) is 0 Å². The number of nitro benzene ring substituents is 1. The van der Waals surface area contributed by atoms with E-state index in [0.29, 0.717) is 12.1 Å². The van der Waals surface area contributed by atoms with Crippen molar-refractivity contribution < 1.29 is 9.72 Å². The first-order valence-electron chi connectivity index (χ1n) is 6.19. The van der Waals surface area contributed by atoms with Crippen LogP contribution in [0, 0.1) is 15.5 Å². The van der Waals surface area contributed by atoms with E-state index in [1.165, 1.54) is 18.2 Å². The molecule has 2 rings (SSSR count). The first kappa shape index (κ1) is 13.8. The van der Waals surface area contributed by atoms with Gasteiger partial charge in [-0.2, -0.15) is 0 Å². The molecule has 1 aromatic rings. The zero-order valence-corrected chi connectivity index (χ0v) is 11.4. The number of carbonyl (C=O) groups is 1. The smallest absolute Gasteiger partial charge is 0.287 e. The summed E-state index contributed by atoms with van der Waals surface area (Å²) in [6, 6.07) is 4.01. The van der Waals surface area contributed by atoms with E-state index >= 15 is 0 Å². The van der Waals surface area contributed by atoms with Gasteiger partial charge in [0.2, 0.25) is 0 Å². The molecule has 6 heteroatoms. The highest BCUT2D eigenvalue weighted by atomic mass is 35.5. The highest BCUT2D eigenvalue weighted by molar-refractivity contribution is 6.33. The number of nitrogens with one attached hydrogen (secondary N) is 1. The zero-order chi connectivity index (χ0) is 14.0. The molecule has 1 fully saturated rings. The average Bonchev–Trinajstić information content (AvgIpc) is 3.16. The Morgan fingerprint density at radius 2 is 2.21 bits per heavy atom. The van der Waals surface area contributed by atoms with E-state index in [4.69, 9.17) is 11.6 Å². The Hall–Kier alpha value is -1.62. The van der Waals surface area contributed by atoms with Crippen molar-refractivity contribution in [2.24, 2.45) is 5.41 Å². The molecule has 1 aromatic carbocycles. The molecular weight excluding hydrogens is 268 g/mol. The summed E-state index contributed by atoms with van der Waals surface area (Å²) in [6.07, 6.45) is 3.34. The van der Waals surface area contributed by atoms with Gasteiger partial charge in [-0.3, -0.25) is 14.9 Å². The van der Waals surface area contributed by atoms with Crippen LogP contribution < -0.4 is 5.32 Å². The number of rotatable bonds is 5. The van der Waals surface area contributed by atoms with Crippen molar-refractivity contribution in [1.82, 2.24) is 5.32 Å². The minimum absolute atomic E-state index is 0.0192. The van der Waals surface area contributed by atoms with Gasteiger partial charge in [-0.1, -0.05) is 18.5 Å². The van der Waals surface area contributed by atoms with E-state index in [1.807, 2.05) is 0 Å². The summed E-state index contributed by atoms with van der Waals surface area (Å²) in [5.41, 5.74) is 0.424. The number of amides is 1. The molecule has 0 saturated heterocycles. The largest absolute Gasteiger partial charge is 0.351 e. The maximum Gasteiger partial charge on any atom is 0.287 e. The summed E-state index contributed by atoms with van der Waals surface area (Å²) < 4.78 is 0. The lowest BCUT2D eigenvalue weighted by molar-refractivity contribution is -0.384. The van der Waals surface area contributed by atoms with Gasteiger partial charge >= 0.3 is 0 Å². The van der Waals surface area contributed by atoms with Gasteiger partial charge < -0.3 is 5.32 Å². The second-order valence-corrected chi connectivity index (χ2v) is 5.37. The molecule has 0 atom stereocenters.